The summed E-state index contributed by atoms with van der Waals surface area (Å²) in [7, 11) is 0. The largest absolute Gasteiger partial charge is 0.479 e. The number of ketones is 1. The Morgan fingerprint density at radius 3 is 2.33 bits per heavy atom. The van der Waals surface area contributed by atoms with Gasteiger partial charge in [0.05, 0.1) is 12.2 Å². The second kappa shape index (κ2) is 5.43. The number of aliphatic hydroxyl groups excluding tert-OH is 1. The highest BCUT2D eigenvalue weighted by atomic mass is 16.4. The van der Waals surface area contributed by atoms with Gasteiger partial charge in [0.2, 0.25) is 5.91 Å². The van der Waals surface area contributed by atoms with E-state index in [2.05, 4.69) is 0 Å². The van der Waals surface area contributed by atoms with Crippen LogP contribution < -0.4 is 5.73 Å². The molecule has 0 saturated carbocycles. The zero-order chi connectivity index (χ0) is 15.7. The van der Waals surface area contributed by atoms with E-state index in [1.165, 1.54) is 24.3 Å². The van der Waals surface area contributed by atoms with E-state index < -0.39 is 42.3 Å². The van der Waals surface area contributed by atoms with Gasteiger partial charge in [-0.1, -0.05) is 18.2 Å². The van der Waals surface area contributed by atoms with Crippen molar-refractivity contribution in [3.63, 3.8) is 0 Å². The number of amides is 2. The van der Waals surface area contributed by atoms with E-state index in [-0.39, 0.29) is 11.1 Å². The monoisotopic (exact) mass is 292 g/mol. The number of carboxylic acids is 1. The molecular weight excluding hydrogens is 280 g/mol. The van der Waals surface area contributed by atoms with Crippen LogP contribution in [0.25, 0.3) is 0 Å². The number of benzene rings is 1. The van der Waals surface area contributed by atoms with Gasteiger partial charge in [-0.25, -0.2) is 4.79 Å². The van der Waals surface area contributed by atoms with Crippen LogP contribution in [-0.4, -0.2) is 57.4 Å². The lowest BCUT2D eigenvalue weighted by molar-refractivity contribution is -0.146. The number of Topliss-reactive ketones (excluding diaryl/α,β-unsaturated/α-hetero) is 1. The first-order valence-corrected chi connectivity index (χ1v) is 6.00. The minimum atomic E-state index is -1.97. The number of rotatable bonds is 3. The van der Waals surface area contributed by atoms with Gasteiger partial charge in [-0.2, -0.15) is 0 Å². The average Bonchev–Trinajstić information content (AvgIpc) is 2.48. The molecule has 2 amide bonds. The van der Waals surface area contributed by atoms with Crippen molar-refractivity contribution in [1.29, 1.82) is 0 Å². The lowest BCUT2D eigenvalue weighted by atomic mass is 9.91. The van der Waals surface area contributed by atoms with Gasteiger partial charge in [-0.3, -0.25) is 19.3 Å². The van der Waals surface area contributed by atoms with Gasteiger partial charge in [0.25, 0.3) is 5.91 Å². The third-order valence-corrected chi connectivity index (χ3v) is 3.13. The molecule has 0 aliphatic carbocycles. The van der Waals surface area contributed by atoms with Crippen LogP contribution in [0, 0.1) is 0 Å². The number of imide groups is 1. The molecule has 8 heteroatoms. The predicted octanol–water partition coefficient (Wildman–Crippen LogP) is -1.38. The number of nitrogens with zero attached hydrogens (tertiary/aromatic N) is 1. The second-order valence-electron chi connectivity index (χ2n) is 4.45. The zero-order valence-corrected chi connectivity index (χ0v) is 10.7. The lowest BCUT2D eigenvalue weighted by Crippen LogP contribution is -2.60. The number of aliphatic hydroxyl groups is 1. The van der Waals surface area contributed by atoms with Gasteiger partial charge < -0.3 is 15.9 Å². The Bertz CT molecular complexity index is 641. The van der Waals surface area contributed by atoms with Gasteiger partial charge >= 0.3 is 5.97 Å². The molecule has 1 aromatic rings. The summed E-state index contributed by atoms with van der Waals surface area (Å²) in [6.45, 7) is -0.773. The number of fused-ring (bicyclic) bond motifs is 1. The molecular formula is C13H12N2O6. The van der Waals surface area contributed by atoms with Crippen molar-refractivity contribution in [2.24, 2.45) is 5.73 Å². The quantitative estimate of drug-likeness (QED) is 0.584. The maximum Gasteiger partial charge on any atom is 0.335 e. The van der Waals surface area contributed by atoms with Crippen molar-refractivity contribution >= 4 is 23.6 Å². The number of hydrogen-bond acceptors (Lipinski definition) is 6. The number of hydrogen-bond donors (Lipinski definition) is 3. The van der Waals surface area contributed by atoms with Crippen LogP contribution in [0.5, 0.6) is 0 Å². The fourth-order valence-corrected chi connectivity index (χ4v) is 2.10. The normalized spacial score (nSPS) is 19.1. The second-order valence-corrected chi connectivity index (χ2v) is 4.45. The topological polar surface area (TPSA) is 138 Å². The molecule has 2 rings (SSSR count). The first-order valence-electron chi connectivity index (χ1n) is 6.00. The van der Waals surface area contributed by atoms with Crippen LogP contribution in [0.2, 0.25) is 0 Å². The Hall–Kier alpha value is -2.58. The van der Waals surface area contributed by atoms with Crippen molar-refractivity contribution in [3.8, 4) is 0 Å². The SMILES string of the molecule is N[C@@H](CO)C(=O)N1C(=O)c2ccccc2C(=O)[C@H]1C(=O)O. The highest BCUT2D eigenvalue weighted by Gasteiger charge is 2.47. The number of nitrogens with two attached hydrogens (primary N) is 1. The van der Waals surface area contributed by atoms with Gasteiger partial charge in [-0.15, -0.1) is 0 Å². The minimum Gasteiger partial charge on any atom is -0.479 e. The van der Waals surface area contributed by atoms with Crippen molar-refractivity contribution in [1.82, 2.24) is 4.90 Å². The molecule has 0 spiro atoms. The van der Waals surface area contributed by atoms with E-state index in [0.29, 0.717) is 4.90 Å². The van der Waals surface area contributed by atoms with Crippen LogP contribution >= 0.6 is 0 Å². The van der Waals surface area contributed by atoms with Crippen molar-refractivity contribution in [3.05, 3.63) is 35.4 Å². The van der Waals surface area contributed by atoms with Crippen LogP contribution in [0.1, 0.15) is 20.7 Å². The molecule has 110 valence electrons. The maximum atomic E-state index is 12.3. The molecule has 0 radical (unpaired) electrons. The Balaban J connectivity index is 2.58. The van der Waals surface area contributed by atoms with Crippen molar-refractivity contribution in [2.75, 3.05) is 6.61 Å². The Morgan fingerprint density at radius 2 is 1.81 bits per heavy atom. The molecule has 0 fully saturated rings. The molecule has 0 aromatic heterocycles. The highest BCUT2D eigenvalue weighted by Crippen LogP contribution is 2.24. The Labute approximate surface area is 118 Å². The van der Waals surface area contributed by atoms with E-state index in [1.54, 1.807) is 0 Å². The molecule has 0 unspecified atom stereocenters. The molecule has 4 N–H and O–H groups in total. The van der Waals surface area contributed by atoms with E-state index in [1.807, 2.05) is 0 Å². The van der Waals surface area contributed by atoms with Gasteiger partial charge in [0.15, 0.2) is 11.8 Å². The van der Waals surface area contributed by atoms with E-state index >= 15 is 0 Å². The summed E-state index contributed by atoms with van der Waals surface area (Å²) >= 11 is 0. The smallest absolute Gasteiger partial charge is 0.335 e. The first-order chi connectivity index (χ1) is 9.90. The summed E-state index contributed by atoms with van der Waals surface area (Å²) in [4.78, 5) is 48.1. The van der Waals surface area contributed by atoms with Gasteiger partial charge in [0.1, 0.15) is 6.04 Å². The minimum absolute atomic E-state index is 0.0588. The molecule has 1 heterocycles. The fourth-order valence-electron chi connectivity index (χ4n) is 2.10. The summed E-state index contributed by atoms with van der Waals surface area (Å²) in [6, 6.07) is 2.16. The summed E-state index contributed by atoms with van der Waals surface area (Å²) in [5, 5.41) is 18.0. The lowest BCUT2D eigenvalue weighted by Gasteiger charge is -2.32. The van der Waals surface area contributed by atoms with Crippen LogP contribution in [0.15, 0.2) is 24.3 Å². The summed E-state index contributed by atoms with van der Waals surface area (Å²) in [5.41, 5.74) is 5.21. The molecule has 2 atom stereocenters. The van der Waals surface area contributed by atoms with Gasteiger partial charge in [-0.05, 0) is 6.07 Å². The third kappa shape index (κ3) is 2.30. The number of carbonyl (C=O) groups excluding carboxylic acids is 3. The van der Waals surface area contributed by atoms with Crippen LogP contribution in [-0.2, 0) is 9.59 Å². The van der Waals surface area contributed by atoms with Crippen LogP contribution in [0.4, 0.5) is 0 Å². The molecule has 0 saturated heterocycles. The van der Waals surface area contributed by atoms with E-state index in [4.69, 9.17) is 15.9 Å². The Morgan fingerprint density at radius 1 is 1.24 bits per heavy atom. The van der Waals surface area contributed by atoms with Crippen molar-refractivity contribution in [2.45, 2.75) is 12.1 Å². The van der Waals surface area contributed by atoms with E-state index in [9.17, 15) is 19.2 Å². The predicted molar refractivity (Wildman–Crippen MR) is 68.4 cm³/mol. The van der Waals surface area contributed by atoms with E-state index in [0.717, 1.165) is 0 Å². The van der Waals surface area contributed by atoms with Crippen molar-refractivity contribution < 1.29 is 29.4 Å². The summed E-state index contributed by atoms with van der Waals surface area (Å²) in [5.74, 6) is -4.55. The molecule has 1 aliphatic rings. The highest BCUT2D eigenvalue weighted by molar-refractivity contribution is 6.26. The van der Waals surface area contributed by atoms with Crippen LogP contribution in [0.3, 0.4) is 0 Å². The molecule has 1 aromatic carbocycles. The maximum absolute atomic E-state index is 12.3. The fraction of sp³-hybridized carbons (Fsp3) is 0.231. The summed E-state index contributed by atoms with van der Waals surface area (Å²) in [6.07, 6.45) is 0. The summed E-state index contributed by atoms with van der Waals surface area (Å²) < 4.78 is 0. The zero-order valence-electron chi connectivity index (χ0n) is 10.7. The first kappa shape index (κ1) is 14.8. The molecule has 1 aliphatic heterocycles. The number of carboxylic acid groups (broad SMARTS) is 1. The Kier molecular flexibility index (Phi) is 3.83. The number of carbonyl (C=O) groups is 4. The third-order valence-electron chi connectivity index (χ3n) is 3.13. The average molecular weight is 292 g/mol. The molecule has 21 heavy (non-hydrogen) atoms. The molecule has 0 bridgehead atoms. The van der Waals surface area contributed by atoms with Gasteiger partial charge in [0, 0.05) is 5.56 Å². The molecule has 8 nitrogen and oxygen atoms in total. The standard InChI is InChI=1S/C13H12N2O6/c14-8(5-16)12(19)15-9(13(20)21)10(17)6-3-1-2-4-7(6)11(15)18/h1-4,8-9,16H,5,14H2,(H,20,21)/t8-,9-/m0/s1. The number of aliphatic carboxylic acids is 1.